The quantitative estimate of drug-likeness (QED) is 0.742. The Morgan fingerprint density at radius 1 is 1.37 bits per heavy atom. The van der Waals surface area contributed by atoms with Crippen molar-refractivity contribution in [2.45, 2.75) is 51.9 Å². The lowest BCUT2D eigenvalue weighted by Crippen LogP contribution is -2.24. The standard InChI is InChI=1S/C15H25NO2S/c1-2-8-16-10-14-6-7-15(19-14)12-17-11-13-5-3-4-9-18-13/h6-7,13,16H,2-5,8-12H2,1H3. The minimum absolute atomic E-state index is 0.319. The van der Waals surface area contributed by atoms with E-state index in [1.54, 1.807) is 0 Å². The Morgan fingerprint density at radius 2 is 2.26 bits per heavy atom. The molecule has 4 heteroatoms. The van der Waals surface area contributed by atoms with Crippen molar-refractivity contribution < 1.29 is 9.47 Å². The second-order valence-corrected chi connectivity index (χ2v) is 6.30. The van der Waals surface area contributed by atoms with Gasteiger partial charge < -0.3 is 14.8 Å². The molecule has 108 valence electrons. The topological polar surface area (TPSA) is 30.5 Å². The van der Waals surface area contributed by atoms with Crippen LogP contribution < -0.4 is 5.32 Å². The van der Waals surface area contributed by atoms with E-state index in [-0.39, 0.29) is 0 Å². The number of thiophene rings is 1. The predicted molar refractivity (Wildman–Crippen MR) is 79.6 cm³/mol. The van der Waals surface area contributed by atoms with Crippen molar-refractivity contribution >= 4 is 11.3 Å². The maximum Gasteiger partial charge on any atom is 0.0810 e. The fourth-order valence-electron chi connectivity index (χ4n) is 2.21. The van der Waals surface area contributed by atoms with Gasteiger partial charge in [-0.1, -0.05) is 6.92 Å². The molecule has 1 aliphatic rings. The van der Waals surface area contributed by atoms with Gasteiger partial charge in [-0.05, 0) is 44.4 Å². The molecule has 1 aliphatic heterocycles. The van der Waals surface area contributed by atoms with Crippen LogP contribution >= 0.6 is 11.3 Å². The number of rotatable bonds is 8. The van der Waals surface area contributed by atoms with E-state index in [2.05, 4.69) is 24.4 Å². The first-order chi connectivity index (χ1) is 9.38. The first kappa shape index (κ1) is 15.0. The monoisotopic (exact) mass is 283 g/mol. The zero-order valence-electron chi connectivity index (χ0n) is 11.8. The van der Waals surface area contributed by atoms with Crippen molar-refractivity contribution in [1.82, 2.24) is 5.32 Å². The van der Waals surface area contributed by atoms with Gasteiger partial charge in [0.15, 0.2) is 0 Å². The maximum atomic E-state index is 5.76. The van der Waals surface area contributed by atoms with Crippen LogP contribution in [0, 0.1) is 0 Å². The SMILES string of the molecule is CCCNCc1ccc(COCC2CCCCO2)s1. The van der Waals surface area contributed by atoms with Gasteiger partial charge in [0.25, 0.3) is 0 Å². The van der Waals surface area contributed by atoms with E-state index in [1.807, 2.05) is 11.3 Å². The third-order valence-corrected chi connectivity index (χ3v) is 4.32. The Morgan fingerprint density at radius 3 is 3.05 bits per heavy atom. The number of hydrogen-bond acceptors (Lipinski definition) is 4. The molecule has 1 atom stereocenters. The summed E-state index contributed by atoms with van der Waals surface area (Å²) in [5.74, 6) is 0. The summed E-state index contributed by atoms with van der Waals surface area (Å²) in [6.45, 7) is 6.61. The van der Waals surface area contributed by atoms with Crippen LogP contribution in [0.2, 0.25) is 0 Å². The van der Waals surface area contributed by atoms with Crippen molar-refractivity contribution in [3.63, 3.8) is 0 Å². The minimum Gasteiger partial charge on any atom is -0.376 e. The van der Waals surface area contributed by atoms with Crippen LogP contribution in [-0.4, -0.2) is 25.9 Å². The summed E-state index contributed by atoms with van der Waals surface area (Å²) in [5.41, 5.74) is 0. The van der Waals surface area contributed by atoms with Crippen molar-refractivity contribution in [3.05, 3.63) is 21.9 Å². The van der Waals surface area contributed by atoms with E-state index >= 15 is 0 Å². The van der Waals surface area contributed by atoms with E-state index in [4.69, 9.17) is 9.47 Å². The Bertz CT molecular complexity index is 348. The normalized spacial score (nSPS) is 19.7. The second-order valence-electron chi connectivity index (χ2n) is 5.05. The van der Waals surface area contributed by atoms with Crippen LogP contribution in [-0.2, 0) is 22.6 Å². The van der Waals surface area contributed by atoms with Gasteiger partial charge in [0.1, 0.15) is 0 Å². The van der Waals surface area contributed by atoms with Gasteiger partial charge in [-0.3, -0.25) is 0 Å². The Hall–Kier alpha value is -0.420. The molecular weight excluding hydrogens is 258 g/mol. The molecule has 2 rings (SSSR count). The van der Waals surface area contributed by atoms with E-state index < -0.39 is 0 Å². The maximum absolute atomic E-state index is 5.76. The molecule has 0 amide bonds. The summed E-state index contributed by atoms with van der Waals surface area (Å²) in [6, 6.07) is 4.37. The average molecular weight is 283 g/mol. The summed E-state index contributed by atoms with van der Waals surface area (Å²) >= 11 is 1.84. The number of nitrogens with one attached hydrogen (secondary N) is 1. The molecule has 1 unspecified atom stereocenters. The second kappa shape index (κ2) is 8.69. The van der Waals surface area contributed by atoms with Crippen LogP contribution in [0.15, 0.2) is 12.1 Å². The Balaban J connectivity index is 1.62. The molecule has 0 radical (unpaired) electrons. The van der Waals surface area contributed by atoms with Crippen LogP contribution in [0.25, 0.3) is 0 Å². The molecule has 1 fully saturated rings. The van der Waals surface area contributed by atoms with Crippen LogP contribution in [0.3, 0.4) is 0 Å². The third-order valence-electron chi connectivity index (χ3n) is 3.27. The van der Waals surface area contributed by atoms with Crippen molar-refractivity contribution in [3.8, 4) is 0 Å². The van der Waals surface area contributed by atoms with Gasteiger partial charge >= 0.3 is 0 Å². The summed E-state index contributed by atoms with van der Waals surface area (Å²) < 4.78 is 11.4. The molecule has 1 saturated heterocycles. The van der Waals surface area contributed by atoms with Crippen LogP contribution in [0.1, 0.15) is 42.4 Å². The Labute approximate surface area is 120 Å². The van der Waals surface area contributed by atoms with E-state index in [0.717, 1.165) is 39.3 Å². The van der Waals surface area contributed by atoms with Crippen LogP contribution in [0.5, 0.6) is 0 Å². The zero-order chi connectivity index (χ0) is 13.3. The molecule has 3 nitrogen and oxygen atoms in total. The molecule has 0 aromatic carbocycles. The van der Waals surface area contributed by atoms with E-state index in [1.165, 1.54) is 29.0 Å². The van der Waals surface area contributed by atoms with Crippen LogP contribution in [0.4, 0.5) is 0 Å². The molecule has 0 aliphatic carbocycles. The van der Waals surface area contributed by atoms with Gasteiger partial charge in [-0.15, -0.1) is 11.3 Å². The largest absolute Gasteiger partial charge is 0.376 e. The highest BCUT2D eigenvalue weighted by atomic mass is 32.1. The average Bonchev–Trinajstić information content (AvgIpc) is 2.88. The molecule has 1 aromatic rings. The molecule has 1 aromatic heterocycles. The Kier molecular flexibility index (Phi) is 6.85. The zero-order valence-corrected chi connectivity index (χ0v) is 12.6. The lowest BCUT2D eigenvalue weighted by atomic mass is 10.1. The molecule has 0 spiro atoms. The molecule has 1 N–H and O–H groups in total. The molecule has 0 saturated carbocycles. The van der Waals surface area contributed by atoms with Gasteiger partial charge in [0, 0.05) is 22.9 Å². The van der Waals surface area contributed by atoms with Gasteiger partial charge in [-0.2, -0.15) is 0 Å². The molecular formula is C15H25NO2S. The molecule has 19 heavy (non-hydrogen) atoms. The highest BCUT2D eigenvalue weighted by Crippen LogP contribution is 2.18. The minimum atomic E-state index is 0.319. The first-order valence-corrected chi connectivity index (χ1v) is 8.17. The highest BCUT2D eigenvalue weighted by molar-refractivity contribution is 7.11. The summed E-state index contributed by atoms with van der Waals surface area (Å²) in [7, 11) is 0. The number of ether oxygens (including phenoxy) is 2. The van der Waals surface area contributed by atoms with E-state index in [0.29, 0.717) is 6.10 Å². The summed E-state index contributed by atoms with van der Waals surface area (Å²) in [6.07, 6.45) is 5.13. The summed E-state index contributed by atoms with van der Waals surface area (Å²) in [4.78, 5) is 2.70. The molecule has 0 bridgehead atoms. The highest BCUT2D eigenvalue weighted by Gasteiger charge is 2.13. The van der Waals surface area contributed by atoms with Gasteiger partial charge in [0.05, 0.1) is 19.3 Å². The van der Waals surface area contributed by atoms with Crippen molar-refractivity contribution in [1.29, 1.82) is 0 Å². The first-order valence-electron chi connectivity index (χ1n) is 7.36. The van der Waals surface area contributed by atoms with Crippen molar-refractivity contribution in [2.75, 3.05) is 19.8 Å². The lowest BCUT2D eigenvalue weighted by Gasteiger charge is -2.22. The van der Waals surface area contributed by atoms with Gasteiger partial charge in [0.2, 0.25) is 0 Å². The van der Waals surface area contributed by atoms with E-state index in [9.17, 15) is 0 Å². The smallest absolute Gasteiger partial charge is 0.0810 e. The van der Waals surface area contributed by atoms with Crippen molar-refractivity contribution in [2.24, 2.45) is 0 Å². The fraction of sp³-hybridized carbons (Fsp3) is 0.733. The molecule has 2 heterocycles. The third kappa shape index (κ3) is 5.61. The summed E-state index contributed by atoms with van der Waals surface area (Å²) in [5, 5.41) is 3.42. The fourth-order valence-corrected chi connectivity index (χ4v) is 3.14. The predicted octanol–water partition coefficient (Wildman–Crippen LogP) is 3.33. The lowest BCUT2D eigenvalue weighted by molar-refractivity contribution is -0.0443. The van der Waals surface area contributed by atoms with Gasteiger partial charge in [-0.25, -0.2) is 0 Å². The number of hydrogen-bond donors (Lipinski definition) is 1.